The second-order valence-electron chi connectivity index (χ2n) is 3.53. The van der Waals surface area contributed by atoms with Crippen LogP contribution in [-0.4, -0.2) is 11.3 Å². The van der Waals surface area contributed by atoms with Gasteiger partial charge in [0, 0.05) is 17.0 Å². The molecule has 0 radical (unpaired) electrons. The Bertz CT molecular complexity index is 231. The molecule has 0 bridgehead atoms. The van der Waals surface area contributed by atoms with Gasteiger partial charge in [0.05, 0.1) is 0 Å². The minimum atomic E-state index is 0.0600. The lowest BCUT2D eigenvalue weighted by Crippen LogP contribution is -2.32. The van der Waals surface area contributed by atoms with E-state index in [1.165, 1.54) is 0 Å². The van der Waals surface area contributed by atoms with Crippen molar-refractivity contribution in [3.8, 4) is 0 Å². The first-order valence-electron chi connectivity index (χ1n) is 4.08. The Morgan fingerprint density at radius 1 is 1.25 bits per heavy atom. The number of hydrogen-bond acceptors (Lipinski definition) is 2. The average molecular weight is 181 g/mol. The maximum absolute atomic E-state index is 4.27. The van der Waals surface area contributed by atoms with Gasteiger partial charge in [-0.2, -0.15) is 12.6 Å². The Morgan fingerprint density at radius 2 is 1.83 bits per heavy atom. The van der Waals surface area contributed by atoms with E-state index in [2.05, 4.69) is 43.9 Å². The van der Waals surface area contributed by atoms with Gasteiger partial charge in [0.1, 0.15) is 0 Å². The van der Waals surface area contributed by atoms with E-state index < -0.39 is 0 Å². The molecule has 0 aromatic heterocycles. The zero-order chi connectivity index (χ0) is 9.03. The summed E-state index contributed by atoms with van der Waals surface area (Å²) in [5.41, 5.74) is 1.21. The van der Waals surface area contributed by atoms with Crippen LogP contribution in [0.2, 0.25) is 0 Å². The molecule has 1 aromatic carbocycles. The van der Waals surface area contributed by atoms with E-state index in [0.717, 1.165) is 11.4 Å². The van der Waals surface area contributed by atoms with Gasteiger partial charge >= 0.3 is 0 Å². The van der Waals surface area contributed by atoms with Crippen molar-refractivity contribution in [1.29, 1.82) is 0 Å². The summed E-state index contributed by atoms with van der Waals surface area (Å²) in [4.78, 5) is 0. The van der Waals surface area contributed by atoms with Crippen molar-refractivity contribution < 1.29 is 0 Å². The molecule has 0 atom stereocenters. The minimum Gasteiger partial charge on any atom is -0.379 e. The van der Waals surface area contributed by atoms with E-state index in [4.69, 9.17) is 0 Å². The van der Waals surface area contributed by atoms with Crippen LogP contribution in [0.3, 0.4) is 0 Å². The number of anilines is 1. The van der Waals surface area contributed by atoms with Crippen LogP contribution in [0.15, 0.2) is 30.3 Å². The third-order valence-corrected chi connectivity index (χ3v) is 2.44. The van der Waals surface area contributed by atoms with Gasteiger partial charge in [0.25, 0.3) is 0 Å². The molecule has 1 N–H and O–H groups in total. The molecular weight excluding hydrogens is 166 g/mol. The molecule has 0 aliphatic rings. The third-order valence-electron chi connectivity index (χ3n) is 1.65. The summed E-state index contributed by atoms with van der Waals surface area (Å²) in [5, 5.41) is 3.39. The molecule has 1 nitrogen and oxygen atoms in total. The molecule has 1 rings (SSSR count). The van der Waals surface area contributed by atoms with Crippen molar-refractivity contribution in [1.82, 2.24) is 0 Å². The summed E-state index contributed by atoms with van der Waals surface area (Å²) in [5.74, 6) is 0.821. The summed E-state index contributed by atoms with van der Waals surface area (Å²) in [6.45, 7) is 4.26. The Balaban J connectivity index is 2.64. The predicted octanol–water partition coefficient (Wildman–Crippen LogP) is 2.81. The fourth-order valence-corrected chi connectivity index (χ4v) is 1.03. The van der Waals surface area contributed by atoms with Crippen molar-refractivity contribution in [2.24, 2.45) is 0 Å². The molecule has 1 aromatic rings. The van der Waals surface area contributed by atoms with Crippen LogP contribution >= 0.6 is 12.6 Å². The van der Waals surface area contributed by atoms with Gasteiger partial charge < -0.3 is 5.32 Å². The fourth-order valence-electron chi connectivity index (χ4n) is 0.952. The normalized spacial score (nSPS) is 11.2. The highest BCUT2D eigenvalue weighted by molar-refractivity contribution is 7.80. The second kappa shape index (κ2) is 3.85. The number of thiol groups is 1. The smallest absolute Gasteiger partial charge is 0.0405 e. The van der Waals surface area contributed by atoms with Crippen LogP contribution in [0.5, 0.6) is 0 Å². The third kappa shape index (κ3) is 2.78. The van der Waals surface area contributed by atoms with Crippen molar-refractivity contribution >= 4 is 18.3 Å². The first kappa shape index (κ1) is 9.46. The van der Waals surface area contributed by atoms with E-state index in [-0.39, 0.29) is 5.54 Å². The summed E-state index contributed by atoms with van der Waals surface area (Å²) < 4.78 is 0. The molecule has 0 spiro atoms. The quantitative estimate of drug-likeness (QED) is 0.683. The molecule has 0 unspecified atom stereocenters. The molecule has 66 valence electrons. The van der Waals surface area contributed by atoms with Crippen molar-refractivity contribution in [2.45, 2.75) is 19.4 Å². The van der Waals surface area contributed by atoms with Crippen LogP contribution in [-0.2, 0) is 0 Å². The second-order valence-corrected chi connectivity index (χ2v) is 3.85. The van der Waals surface area contributed by atoms with Crippen molar-refractivity contribution in [3.63, 3.8) is 0 Å². The molecule has 0 aliphatic heterocycles. The highest BCUT2D eigenvalue weighted by Gasteiger charge is 2.13. The van der Waals surface area contributed by atoms with E-state index in [1.807, 2.05) is 18.2 Å². The van der Waals surface area contributed by atoms with Gasteiger partial charge in [-0.25, -0.2) is 0 Å². The maximum atomic E-state index is 4.27. The molecule has 0 fully saturated rings. The van der Waals surface area contributed by atoms with Crippen LogP contribution in [0.25, 0.3) is 0 Å². The van der Waals surface area contributed by atoms with Crippen molar-refractivity contribution in [2.75, 3.05) is 11.1 Å². The first-order chi connectivity index (χ1) is 5.64. The lowest BCUT2D eigenvalue weighted by molar-refractivity contribution is 0.647. The zero-order valence-electron chi connectivity index (χ0n) is 7.54. The average Bonchev–Trinajstić information content (AvgIpc) is 2.06. The fraction of sp³-hybridized carbons (Fsp3) is 0.400. The topological polar surface area (TPSA) is 12.0 Å². The number of nitrogens with one attached hydrogen (secondary N) is 1. The standard InChI is InChI=1S/C10H15NS/c1-10(2,8-12)11-9-6-4-3-5-7-9/h3-7,11-12H,8H2,1-2H3. The van der Waals surface area contributed by atoms with Crippen LogP contribution in [0, 0.1) is 0 Å². The largest absolute Gasteiger partial charge is 0.379 e. The predicted molar refractivity (Wildman–Crippen MR) is 58.0 cm³/mol. The number of para-hydroxylation sites is 1. The first-order valence-corrected chi connectivity index (χ1v) is 4.71. The van der Waals surface area contributed by atoms with E-state index in [1.54, 1.807) is 0 Å². The molecule has 0 saturated heterocycles. The molecule has 12 heavy (non-hydrogen) atoms. The van der Waals surface area contributed by atoms with E-state index in [0.29, 0.717) is 0 Å². The van der Waals surface area contributed by atoms with E-state index >= 15 is 0 Å². The van der Waals surface area contributed by atoms with Gasteiger partial charge in [0.2, 0.25) is 0 Å². The Labute approximate surface area is 79.6 Å². The minimum absolute atomic E-state index is 0.0600. The van der Waals surface area contributed by atoms with Gasteiger partial charge in [-0.05, 0) is 26.0 Å². The maximum Gasteiger partial charge on any atom is 0.0405 e. The monoisotopic (exact) mass is 181 g/mol. The van der Waals surface area contributed by atoms with Crippen LogP contribution < -0.4 is 5.32 Å². The molecular formula is C10H15NS. The van der Waals surface area contributed by atoms with Gasteiger partial charge in [-0.15, -0.1) is 0 Å². The summed E-state index contributed by atoms with van der Waals surface area (Å²) in [7, 11) is 0. The van der Waals surface area contributed by atoms with Gasteiger partial charge in [0.15, 0.2) is 0 Å². The van der Waals surface area contributed by atoms with Crippen LogP contribution in [0.4, 0.5) is 5.69 Å². The van der Waals surface area contributed by atoms with Gasteiger partial charge in [-0.1, -0.05) is 18.2 Å². The van der Waals surface area contributed by atoms with E-state index in [9.17, 15) is 0 Å². The summed E-state index contributed by atoms with van der Waals surface area (Å²) >= 11 is 4.27. The molecule has 0 heterocycles. The van der Waals surface area contributed by atoms with Gasteiger partial charge in [-0.3, -0.25) is 0 Å². The molecule has 2 heteroatoms. The Kier molecular flexibility index (Phi) is 3.04. The zero-order valence-corrected chi connectivity index (χ0v) is 8.44. The molecule has 0 saturated carbocycles. The lowest BCUT2D eigenvalue weighted by Gasteiger charge is -2.25. The Hall–Kier alpha value is -0.630. The summed E-state index contributed by atoms with van der Waals surface area (Å²) in [6, 6.07) is 10.2. The Morgan fingerprint density at radius 3 is 2.33 bits per heavy atom. The summed E-state index contributed by atoms with van der Waals surface area (Å²) in [6.07, 6.45) is 0. The number of rotatable bonds is 3. The van der Waals surface area contributed by atoms with Crippen LogP contribution in [0.1, 0.15) is 13.8 Å². The van der Waals surface area contributed by atoms with Crippen molar-refractivity contribution in [3.05, 3.63) is 30.3 Å². The SMILES string of the molecule is CC(C)(CS)Nc1ccccc1. The molecule has 0 amide bonds. The lowest BCUT2D eigenvalue weighted by atomic mass is 10.1. The highest BCUT2D eigenvalue weighted by atomic mass is 32.1. The number of hydrogen-bond donors (Lipinski definition) is 2. The highest BCUT2D eigenvalue weighted by Crippen LogP contribution is 2.14. The number of benzene rings is 1. The molecule has 0 aliphatic carbocycles.